The van der Waals surface area contributed by atoms with E-state index in [2.05, 4.69) is 36.6 Å². The van der Waals surface area contributed by atoms with Gasteiger partial charge in [0.05, 0.1) is 14.2 Å². The Balaban J connectivity index is 1.82. The topological polar surface area (TPSA) is 42.5 Å². The van der Waals surface area contributed by atoms with Gasteiger partial charge in [-0.1, -0.05) is 36.4 Å². The van der Waals surface area contributed by atoms with Crippen molar-refractivity contribution in [3.05, 3.63) is 59.7 Å². The summed E-state index contributed by atoms with van der Waals surface area (Å²) >= 11 is 0. The first-order chi connectivity index (χ1) is 11.7. The molecule has 2 atom stereocenters. The average Bonchev–Trinajstić information content (AvgIpc) is 2.64. The number of methoxy groups -OCH3 is 2. The summed E-state index contributed by atoms with van der Waals surface area (Å²) in [4.78, 5) is 0. The average molecular weight is 328 g/mol. The normalized spacial score (nSPS) is 13.3. The lowest BCUT2D eigenvalue weighted by Crippen LogP contribution is -2.31. The van der Waals surface area contributed by atoms with E-state index in [-0.39, 0.29) is 12.1 Å². The van der Waals surface area contributed by atoms with Crippen molar-refractivity contribution in [1.29, 1.82) is 0 Å². The van der Waals surface area contributed by atoms with Gasteiger partial charge in [0.25, 0.3) is 0 Å². The van der Waals surface area contributed by atoms with Crippen molar-refractivity contribution in [2.24, 2.45) is 0 Å². The molecule has 0 aliphatic carbocycles. The molecule has 4 heteroatoms. The van der Waals surface area contributed by atoms with Gasteiger partial charge in [-0.2, -0.15) is 0 Å². The zero-order chi connectivity index (χ0) is 17.4. The van der Waals surface area contributed by atoms with E-state index in [0.717, 1.165) is 24.6 Å². The van der Waals surface area contributed by atoms with Gasteiger partial charge in [0.1, 0.15) is 11.5 Å². The first kappa shape index (κ1) is 18.3. The summed E-state index contributed by atoms with van der Waals surface area (Å²) in [6.07, 6.45) is 0. The third kappa shape index (κ3) is 4.73. The Kier molecular flexibility index (Phi) is 7.09. The summed E-state index contributed by atoms with van der Waals surface area (Å²) < 4.78 is 10.8. The highest BCUT2D eigenvalue weighted by molar-refractivity contribution is 5.36. The number of rotatable bonds is 9. The predicted molar refractivity (Wildman–Crippen MR) is 98.8 cm³/mol. The molecule has 0 saturated heterocycles. The second-order valence-corrected chi connectivity index (χ2v) is 5.84. The standard InChI is InChI=1S/C20H28N2O2/c1-15(17-9-5-7-11-19(17)23-3)21-13-14-22-16(2)18-10-6-8-12-20(18)24-4/h5-12,15-16,21-22H,13-14H2,1-4H3/t15-,16-/m1/s1. The van der Waals surface area contributed by atoms with E-state index in [1.54, 1.807) is 14.2 Å². The molecule has 4 nitrogen and oxygen atoms in total. The van der Waals surface area contributed by atoms with Crippen molar-refractivity contribution >= 4 is 0 Å². The first-order valence-corrected chi connectivity index (χ1v) is 8.40. The van der Waals surface area contributed by atoms with Gasteiger partial charge in [-0.3, -0.25) is 0 Å². The minimum atomic E-state index is 0.240. The lowest BCUT2D eigenvalue weighted by Gasteiger charge is -2.20. The van der Waals surface area contributed by atoms with Gasteiger partial charge in [-0.25, -0.2) is 0 Å². The van der Waals surface area contributed by atoms with Gasteiger partial charge < -0.3 is 20.1 Å². The number of benzene rings is 2. The number of nitrogens with one attached hydrogen (secondary N) is 2. The quantitative estimate of drug-likeness (QED) is 0.689. The largest absolute Gasteiger partial charge is 0.496 e. The molecule has 0 amide bonds. The van der Waals surface area contributed by atoms with Crippen LogP contribution < -0.4 is 20.1 Å². The molecule has 0 saturated carbocycles. The van der Waals surface area contributed by atoms with E-state index < -0.39 is 0 Å². The van der Waals surface area contributed by atoms with Gasteiger partial charge in [0.2, 0.25) is 0 Å². The molecule has 0 aliphatic rings. The van der Waals surface area contributed by atoms with E-state index >= 15 is 0 Å². The molecule has 0 spiro atoms. The summed E-state index contributed by atoms with van der Waals surface area (Å²) in [6, 6.07) is 16.7. The summed E-state index contributed by atoms with van der Waals surface area (Å²) in [5, 5.41) is 7.07. The fourth-order valence-corrected chi connectivity index (χ4v) is 2.85. The molecule has 24 heavy (non-hydrogen) atoms. The fraction of sp³-hybridized carbons (Fsp3) is 0.400. The van der Waals surface area contributed by atoms with Crippen LogP contribution in [0.15, 0.2) is 48.5 Å². The van der Waals surface area contributed by atoms with Crippen LogP contribution in [-0.4, -0.2) is 27.3 Å². The zero-order valence-corrected chi connectivity index (χ0v) is 15.0. The molecule has 2 rings (SSSR count). The van der Waals surface area contributed by atoms with E-state index in [0.29, 0.717) is 0 Å². The van der Waals surface area contributed by atoms with Gasteiger partial charge in [0, 0.05) is 36.3 Å². The maximum absolute atomic E-state index is 5.42. The summed E-state index contributed by atoms with van der Waals surface area (Å²) in [5.41, 5.74) is 2.36. The Hall–Kier alpha value is -2.04. The van der Waals surface area contributed by atoms with Crippen molar-refractivity contribution in [2.45, 2.75) is 25.9 Å². The highest BCUT2D eigenvalue weighted by Crippen LogP contribution is 2.25. The van der Waals surface area contributed by atoms with Gasteiger partial charge in [-0.15, -0.1) is 0 Å². The first-order valence-electron chi connectivity index (χ1n) is 8.40. The van der Waals surface area contributed by atoms with E-state index in [9.17, 15) is 0 Å². The maximum Gasteiger partial charge on any atom is 0.123 e. The highest BCUT2D eigenvalue weighted by atomic mass is 16.5. The molecule has 0 heterocycles. The number of hydrogen-bond acceptors (Lipinski definition) is 4. The molecule has 0 aromatic heterocycles. The SMILES string of the molecule is COc1ccccc1[C@@H](C)NCCN[C@H](C)c1ccccc1OC. The van der Waals surface area contributed by atoms with Crippen LogP contribution in [0.25, 0.3) is 0 Å². The van der Waals surface area contributed by atoms with Crippen LogP contribution in [0.3, 0.4) is 0 Å². The molecule has 0 bridgehead atoms. The summed E-state index contributed by atoms with van der Waals surface area (Å²) in [5.74, 6) is 1.85. The van der Waals surface area contributed by atoms with Crippen molar-refractivity contribution in [1.82, 2.24) is 10.6 Å². The van der Waals surface area contributed by atoms with Gasteiger partial charge in [-0.05, 0) is 26.0 Å². The molecule has 2 N–H and O–H groups in total. The maximum atomic E-state index is 5.42. The van der Waals surface area contributed by atoms with Crippen LogP contribution in [0, 0.1) is 0 Å². The number of hydrogen-bond donors (Lipinski definition) is 2. The van der Waals surface area contributed by atoms with Gasteiger partial charge >= 0.3 is 0 Å². The Morgan fingerprint density at radius 3 is 1.46 bits per heavy atom. The monoisotopic (exact) mass is 328 g/mol. The van der Waals surface area contributed by atoms with Crippen LogP contribution in [0.2, 0.25) is 0 Å². The van der Waals surface area contributed by atoms with Crippen LogP contribution >= 0.6 is 0 Å². The number of ether oxygens (including phenoxy) is 2. The Morgan fingerprint density at radius 1 is 0.708 bits per heavy atom. The van der Waals surface area contributed by atoms with Crippen LogP contribution in [-0.2, 0) is 0 Å². The smallest absolute Gasteiger partial charge is 0.123 e. The molecule has 130 valence electrons. The molecular weight excluding hydrogens is 300 g/mol. The van der Waals surface area contributed by atoms with E-state index in [4.69, 9.17) is 9.47 Å². The number of para-hydroxylation sites is 2. The van der Waals surface area contributed by atoms with Crippen molar-refractivity contribution in [2.75, 3.05) is 27.3 Å². The van der Waals surface area contributed by atoms with E-state index in [1.807, 2.05) is 36.4 Å². The van der Waals surface area contributed by atoms with Crippen molar-refractivity contribution in [3.63, 3.8) is 0 Å². The molecular formula is C20H28N2O2. The Labute approximate surface area is 145 Å². The summed E-state index contributed by atoms with van der Waals surface area (Å²) in [7, 11) is 3.42. The Bertz CT molecular complexity index is 575. The molecule has 2 aromatic rings. The zero-order valence-electron chi connectivity index (χ0n) is 15.0. The minimum absolute atomic E-state index is 0.240. The second-order valence-electron chi connectivity index (χ2n) is 5.84. The highest BCUT2D eigenvalue weighted by Gasteiger charge is 2.12. The summed E-state index contributed by atoms with van der Waals surface area (Å²) in [6.45, 7) is 6.06. The van der Waals surface area contributed by atoms with Crippen molar-refractivity contribution in [3.8, 4) is 11.5 Å². The lowest BCUT2D eigenvalue weighted by molar-refractivity contribution is 0.397. The minimum Gasteiger partial charge on any atom is -0.496 e. The molecule has 0 radical (unpaired) electrons. The van der Waals surface area contributed by atoms with Crippen LogP contribution in [0.5, 0.6) is 11.5 Å². The molecule has 0 fully saturated rings. The molecule has 0 aliphatic heterocycles. The second kappa shape index (κ2) is 9.30. The third-order valence-electron chi connectivity index (χ3n) is 4.24. The van der Waals surface area contributed by atoms with Crippen LogP contribution in [0.1, 0.15) is 37.1 Å². The fourth-order valence-electron chi connectivity index (χ4n) is 2.85. The van der Waals surface area contributed by atoms with Gasteiger partial charge in [0.15, 0.2) is 0 Å². The van der Waals surface area contributed by atoms with Crippen molar-refractivity contribution < 1.29 is 9.47 Å². The third-order valence-corrected chi connectivity index (χ3v) is 4.24. The molecule has 2 aromatic carbocycles. The lowest BCUT2D eigenvalue weighted by atomic mass is 10.1. The Morgan fingerprint density at radius 2 is 1.08 bits per heavy atom. The van der Waals surface area contributed by atoms with E-state index in [1.165, 1.54) is 11.1 Å². The predicted octanol–water partition coefficient (Wildman–Crippen LogP) is 3.71. The molecule has 0 unspecified atom stereocenters. The van der Waals surface area contributed by atoms with Crippen LogP contribution in [0.4, 0.5) is 0 Å².